The molecule has 1 amide bonds. The molecule has 18 heavy (non-hydrogen) atoms. The first-order valence-electron chi connectivity index (χ1n) is 5.71. The average molecular weight is 317 g/mol. The second-order valence-corrected chi connectivity index (χ2v) is 4.91. The van der Waals surface area contributed by atoms with Gasteiger partial charge in [0, 0.05) is 23.6 Å². The molecule has 1 aliphatic heterocycles. The summed E-state index contributed by atoms with van der Waals surface area (Å²) in [7, 11) is 0. The molecule has 2 rings (SSSR count). The highest BCUT2D eigenvalue weighted by Crippen LogP contribution is 2.17. The van der Waals surface area contributed by atoms with Crippen molar-refractivity contribution in [3.63, 3.8) is 0 Å². The molecular formula is C12H14BrFN2O2. The number of halogens is 2. The summed E-state index contributed by atoms with van der Waals surface area (Å²) in [4.78, 5) is 11.9. The number of benzene rings is 1. The van der Waals surface area contributed by atoms with Crippen molar-refractivity contribution in [3.8, 4) is 0 Å². The minimum absolute atomic E-state index is 0.127. The van der Waals surface area contributed by atoms with Gasteiger partial charge in [-0.1, -0.05) is 0 Å². The van der Waals surface area contributed by atoms with Gasteiger partial charge in [-0.2, -0.15) is 0 Å². The zero-order valence-electron chi connectivity index (χ0n) is 9.71. The number of nitrogens with one attached hydrogen (secondary N) is 2. The highest BCUT2D eigenvalue weighted by molar-refractivity contribution is 9.10. The first-order chi connectivity index (χ1) is 8.66. The van der Waals surface area contributed by atoms with Crippen LogP contribution in [0.1, 0.15) is 10.4 Å². The molecule has 1 saturated heterocycles. The quantitative estimate of drug-likeness (QED) is 0.884. The van der Waals surface area contributed by atoms with Gasteiger partial charge in [0.25, 0.3) is 5.91 Å². The van der Waals surface area contributed by atoms with Crippen LogP contribution < -0.4 is 10.6 Å². The second-order valence-electron chi connectivity index (χ2n) is 4.06. The minimum Gasteiger partial charge on any atom is -0.378 e. The lowest BCUT2D eigenvalue weighted by Gasteiger charge is -2.24. The van der Waals surface area contributed by atoms with Gasteiger partial charge in [-0.3, -0.25) is 4.79 Å². The molecule has 0 radical (unpaired) electrons. The fraction of sp³-hybridized carbons (Fsp3) is 0.417. The molecule has 2 N–H and O–H groups in total. The number of hydrogen-bond donors (Lipinski definition) is 2. The molecule has 4 nitrogen and oxygen atoms in total. The van der Waals surface area contributed by atoms with E-state index in [2.05, 4.69) is 26.6 Å². The van der Waals surface area contributed by atoms with Gasteiger partial charge in [0.05, 0.1) is 18.8 Å². The molecule has 1 unspecified atom stereocenters. The van der Waals surface area contributed by atoms with Gasteiger partial charge in [0.15, 0.2) is 0 Å². The van der Waals surface area contributed by atoms with Gasteiger partial charge in [-0.15, -0.1) is 0 Å². The molecule has 1 atom stereocenters. The fourth-order valence-corrected chi connectivity index (χ4v) is 2.27. The van der Waals surface area contributed by atoms with E-state index in [1.54, 1.807) is 0 Å². The van der Waals surface area contributed by atoms with E-state index in [-0.39, 0.29) is 17.8 Å². The van der Waals surface area contributed by atoms with E-state index in [4.69, 9.17) is 4.74 Å². The smallest absolute Gasteiger partial charge is 0.252 e. The van der Waals surface area contributed by atoms with E-state index in [1.165, 1.54) is 18.2 Å². The Kier molecular flexibility index (Phi) is 4.68. The standard InChI is InChI=1S/C12H14BrFN2O2/c13-11-5-8(14)1-2-10(11)12(17)16-6-9-7-18-4-3-15-9/h1-2,5,9,15H,3-4,6-7H2,(H,16,17). The number of morpholine rings is 1. The third kappa shape index (κ3) is 3.51. The lowest BCUT2D eigenvalue weighted by atomic mass is 10.2. The highest BCUT2D eigenvalue weighted by atomic mass is 79.9. The zero-order chi connectivity index (χ0) is 13.0. The van der Waals surface area contributed by atoms with E-state index in [0.717, 1.165) is 6.54 Å². The molecule has 6 heteroatoms. The van der Waals surface area contributed by atoms with Crippen LogP contribution in [0, 0.1) is 5.82 Å². The Labute approximate surface area is 113 Å². The Balaban J connectivity index is 1.90. The van der Waals surface area contributed by atoms with Crippen molar-refractivity contribution in [2.45, 2.75) is 6.04 Å². The van der Waals surface area contributed by atoms with Crippen molar-refractivity contribution in [1.29, 1.82) is 0 Å². The Morgan fingerprint density at radius 1 is 1.61 bits per heavy atom. The average Bonchev–Trinajstić information content (AvgIpc) is 2.37. The SMILES string of the molecule is O=C(NCC1COCCN1)c1ccc(F)cc1Br. The van der Waals surface area contributed by atoms with E-state index >= 15 is 0 Å². The van der Waals surface area contributed by atoms with Crippen LogP contribution in [0.25, 0.3) is 0 Å². The van der Waals surface area contributed by atoms with Crippen LogP contribution in [0.2, 0.25) is 0 Å². The number of carbonyl (C=O) groups is 1. The van der Waals surface area contributed by atoms with Crippen LogP contribution in [0.5, 0.6) is 0 Å². The summed E-state index contributed by atoms with van der Waals surface area (Å²) in [5, 5.41) is 6.03. The molecule has 1 aliphatic rings. The zero-order valence-corrected chi connectivity index (χ0v) is 11.3. The maximum absolute atomic E-state index is 12.9. The summed E-state index contributed by atoms with van der Waals surface area (Å²) >= 11 is 3.17. The molecule has 1 aromatic rings. The lowest BCUT2D eigenvalue weighted by Crippen LogP contribution is -2.48. The van der Waals surface area contributed by atoms with Crippen LogP contribution in [-0.4, -0.2) is 38.3 Å². The van der Waals surface area contributed by atoms with Crippen molar-refractivity contribution in [1.82, 2.24) is 10.6 Å². The predicted molar refractivity (Wildman–Crippen MR) is 69.0 cm³/mol. The Bertz CT molecular complexity index is 436. The van der Waals surface area contributed by atoms with Gasteiger partial charge in [0.2, 0.25) is 0 Å². The van der Waals surface area contributed by atoms with Crippen molar-refractivity contribution in [2.24, 2.45) is 0 Å². The molecule has 0 spiro atoms. The fourth-order valence-electron chi connectivity index (χ4n) is 1.74. The molecular weight excluding hydrogens is 303 g/mol. The van der Waals surface area contributed by atoms with Crippen LogP contribution >= 0.6 is 15.9 Å². The molecule has 0 bridgehead atoms. The maximum atomic E-state index is 12.9. The third-order valence-corrected chi connectivity index (χ3v) is 3.34. The number of ether oxygens (including phenoxy) is 1. The van der Waals surface area contributed by atoms with Crippen molar-refractivity contribution in [3.05, 3.63) is 34.1 Å². The summed E-state index contributed by atoms with van der Waals surface area (Å²) in [5.74, 6) is -0.602. The number of amides is 1. The van der Waals surface area contributed by atoms with Gasteiger partial charge < -0.3 is 15.4 Å². The van der Waals surface area contributed by atoms with Crippen molar-refractivity contribution in [2.75, 3.05) is 26.3 Å². The molecule has 0 saturated carbocycles. The minimum atomic E-state index is -0.374. The predicted octanol–water partition coefficient (Wildman–Crippen LogP) is 1.31. The van der Waals surface area contributed by atoms with E-state index in [0.29, 0.717) is 29.8 Å². The van der Waals surface area contributed by atoms with Gasteiger partial charge >= 0.3 is 0 Å². The summed E-state index contributed by atoms with van der Waals surface area (Å²) < 4.78 is 18.6. The second kappa shape index (κ2) is 6.26. The molecule has 1 heterocycles. The largest absolute Gasteiger partial charge is 0.378 e. The number of rotatable bonds is 3. The number of hydrogen-bond acceptors (Lipinski definition) is 3. The normalized spacial score (nSPS) is 19.6. The first kappa shape index (κ1) is 13.5. The molecule has 1 fully saturated rings. The van der Waals surface area contributed by atoms with Gasteiger partial charge in [-0.05, 0) is 34.1 Å². The monoisotopic (exact) mass is 316 g/mol. The van der Waals surface area contributed by atoms with Crippen LogP contribution in [0.3, 0.4) is 0 Å². The summed E-state index contributed by atoms with van der Waals surface area (Å²) in [5.41, 5.74) is 0.424. The Hall–Kier alpha value is -0.980. The number of carbonyl (C=O) groups excluding carboxylic acids is 1. The summed E-state index contributed by atoms with van der Waals surface area (Å²) in [6, 6.07) is 4.12. The lowest BCUT2D eigenvalue weighted by molar-refractivity contribution is 0.0734. The summed E-state index contributed by atoms with van der Waals surface area (Å²) in [6.45, 7) is 2.57. The highest BCUT2D eigenvalue weighted by Gasteiger charge is 2.15. The Morgan fingerprint density at radius 3 is 3.11 bits per heavy atom. The Morgan fingerprint density at radius 2 is 2.44 bits per heavy atom. The molecule has 0 aromatic heterocycles. The molecule has 98 valence electrons. The topological polar surface area (TPSA) is 50.4 Å². The maximum Gasteiger partial charge on any atom is 0.252 e. The van der Waals surface area contributed by atoms with Crippen LogP contribution in [0.15, 0.2) is 22.7 Å². The third-order valence-electron chi connectivity index (χ3n) is 2.68. The first-order valence-corrected chi connectivity index (χ1v) is 6.50. The van der Waals surface area contributed by atoms with Gasteiger partial charge in [-0.25, -0.2) is 4.39 Å². The molecule has 0 aliphatic carbocycles. The van der Waals surface area contributed by atoms with E-state index in [9.17, 15) is 9.18 Å². The summed E-state index contributed by atoms with van der Waals surface area (Å²) in [6.07, 6.45) is 0. The van der Waals surface area contributed by atoms with Crippen molar-refractivity contribution >= 4 is 21.8 Å². The van der Waals surface area contributed by atoms with Crippen molar-refractivity contribution < 1.29 is 13.9 Å². The van der Waals surface area contributed by atoms with E-state index in [1.807, 2.05) is 0 Å². The van der Waals surface area contributed by atoms with Crippen LogP contribution in [-0.2, 0) is 4.74 Å². The van der Waals surface area contributed by atoms with Crippen LogP contribution in [0.4, 0.5) is 4.39 Å². The van der Waals surface area contributed by atoms with E-state index < -0.39 is 0 Å². The van der Waals surface area contributed by atoms with Gasteiger partial charge in [0.1, 0.15) is 5.82 Å². The molecule has 1 aromatic carbocycles.